The highest BCUT2D eigenvalue weighted by Crippen LogP contribution is 2.21. The lowest BCUT2D eigenvalue weighted by Gasteiger charge is -2.12. The Kier molecular flexibility index (Phi) is 5.01. The molecule has 0 unspecified atom stereocenters. The summed E-state index contributed by atoms with van der Waals surface area (Å²) in [6.07, 6.45) is 0. The number of thiocarbonyl (C=S) groups is 1. The van der Waals surface area contributed by atoms with E-state index in [1.165, 1.54) is 6.07 Å². The summed E-state index contributed by atoms with van der Waals surface area (Å²) in [5, 5.41) is 24.0. The molecule has 0 saturated heterocycles. The Morgan fingerprint density at radius 2 is 1.75 bits per heavy atom. The molecule has 7 heteroatoms. The van der Waals surface area contributed by atoms with Crippen LogP contribution in [0.2, 0.25) is 5.02 Å². The lowest BCUT2D eigenvalue weighted by Crippen LogP contribution is -2.31. The molecule has 0 bridgehead atoms. The molecule has 0 radical (unpaired) electrons. The van der Waals surface area contributed by atoms with E-state index >= 15 is 0 Å². The first-order chi connectivity index (χ1) is 11.5. The van der Waals surface area contributed by atoms with Gasteiger partial charge in [0.05, 0.1) is 0 Å². The number of fused-ring (bicyclic) bond motifs is 1. The van der Waals surface area contributed by atoms with Crippen molar-refractivity contribution in [2.45, 2.75) is 0 Å². The quantitative estimate of drug-likeness (QED) is 0.497. The van der Waals surface area contributed by atoms with Crippen LogP contribution in [-0.4, -0.2) is 22.3 Å². The van der Waals surface area contributed by atoms with Gasteiger partial charge in [-0.25, -0.2) is 0 Å². The number of benzene rings is 3. The fourth-order valence-electron chi connectivity index (χ4n) is 2.30. The van der Waals surface area contributed by atoms with Gasteiger partial charge >= 0.3 is 7.12 Å². The van der Waals surface area contributed by atoms with Gasteiger partial charge in [-0.2, -0.15) is 0 Å². The van der Waals surface area contributed by atoms with Gasteiger partial charge in [0.25, 0.3) is 5.17 Å². The SMILES string of the molecule is OB(O)c1cc(NC(=S)Oc2ccc3ccccc3c2)ccc1Cl. The monoisotopic (exact) mass is 357 g/mol. The van der Waals surface area contributed by atoms with Crippen molar-refractivity contribution in [2.24, 2.45) is 0 Å². The Morgan fingerprint density at radius 3 is 2.50 bits per heavy atom. The van der Waals surface area contributed by atoms with Crippen molar-refractivity contribution in [1.29, 1.82) is 0 Å². The minimum atomic E-state index is -1.66. The highest BCUT2D eigenvalue weighted by molar-refractivity contribution is 7.80. The molecule has 24 heavy (non-hydrogen) atoms. The van der Waals surface area contributed by atoms with Gasteiger partial charge in [0.15, 0.2) is 0 Å². The third-order valence-electron chi connectivity index (χ3n) is 3.45. The second-order valence-corrected chi connectivity index (χ2v) is 5.91. The molecule has 3 rings (SSSR count). The predicted molar refractivity (Wildman–Crippen MR) is 102 cm³/mol. The topological polar surface area (TPSA) is 61.7 Å². The summed E-state index contributed by atoms with van der Waals surface area (Å²) in [5.41, 5.74) is 0.739. The number of hydrogen-bond acceptors (Lipinski definition) is 4. The molecule has 3 N–H and O–H groups in total. The molecule has 3 aromatic rings. The minimum Gasteiger partial charge on any atom is -0.432 e. The normalized spacial score (nSPS) is 10.5. The van der Waals surface area contributed by atoms with Crippen LogP contribution in [0.15, 0.2) is 60.7 Å². The van der Waals surface area contributed by atoms with Gasteiger partial charge in [-0.15, -0.1) is 0 Å². The molecule has 120 valence electrons. The highest BCUT2D eigenvalue weighted by atomic mass is 35.5. The van der Waals surface area contributed by atoms with Crippen LogP contribution in [0.3, 0.4) is 0 Å². The zero-order chi connectivity index (χ0) is 17.1. The second-order valence-electron chi connectivity index (χ2n) is 5.13. The summed E-state index contributed by atoms with van der Waals surface area (Å²) in [6, 6.07) is 18.4. The standard InChI is InChI=1S/C17H13BClNO3S/c19-16-8-6-13(10-15(16)18(21)22)20-17(24)23-14-7-5-11-3-1-2-4-12(11)9-14/h1-10,21-22H,(H,20,24). The van der Waals surface area contributed by atoms with Crippen LogP contribution >= 0.6 is 23.8 Å². The van der Waals surface area contributed by atoms with Gasteiger partial charge in [0.1, 0.15) is 5.75 Å². The molecule has 0 spiro atoms. The molecule has 0 amide bonds. The van der Waals surface area contributed by atoms with Crippen LogP contribution in [0.25, 0.3) is 10.8 Å². The van der Waals surface area contributed by atoms with Gasteiger partial charge in [-0.05, 0) is 53.3 Å². The van der Waals surface area contributed by atoms with E-state index in [2.05, 4.69) is 5.32 Å². The predicted octanol–water partition coefficient (Wildman–Crippen LogP) is 2.95. The number of nitrogens with one attached hydrogen (secondary N) is 1. The zero-order valence-electron chi connectivity index (χ0n) is 12.4. The summed E-state index contributed by atoms with van der Waals surface area (Å²) >= 11 is 11.1. The summed E-state index contributed by atoms with van der Waals surface area (Å²) in [6.45, 7) is 0. The third-order valence-corrected chi connectivity index (χ3v) is 3.98. The molecule has 0 saturated carbocycles. The summed E-state index contributed by atoms with van der Waals surface area (Å²) in [5.74, 6) is 0.613. The molecule has 0 fully saturated rings. The number of hydrogen-bond donors (Lipinski definition) is 3. The number of rotatable bonds is 3. The average molecular weight is 358 g/mol. The Labute approximate surface area is 149 Å². The fourth-order valence-corrected chi connectivity index (χ4v) is 2.73. The lowest BCUT2D eigenvalue weighted by atomic mass is 9.80. The van der Waals surface area contributed by atoms with Crippen LogP contribution in [0.4, 0.5) is 5.69 Å². The van der Waals surface area contributed by atoms with Crippen LogP contribution in [0.1, 0.15) is 0 Å². The maximum absolute atomic E-state index is 9.28. The van der Waals surface area contributed by atoms with Crippen molar-refractivity contribution < 1.29 is 14.8 Å². The summed E-state index contributed by atoms with van der Waals surface area (Å²) in [7, 11) is -1.66. The van der Waals surface area contributed by atoms with Crippen LogP contribution in [0, 0.1) is 0 Å². The Bertz CT molecular complexity index is 904. The fraction of sp³-hybridized carbons (Fsp3) is 0. The van der Waals surface area contributed by atoms with Crippen molar-refractivity contribution in [3.05, 3.63) is 65.7 Å². The van der Waals surface area contributed by atoms with E-state index in [0.29, 0.717) is 11.4 Å². The number of halogens is 1. The van der Waals surface area contributed by atoms with Crippen molar-refractivity contribution in [3.8, 4) is 5.75 Å². The molecule has 0 aliphatic heterocycles. The first kappa shape index (κ1) is 16.7. The third kappa shape index (κ3) is 3.86. The van der Waals surface area contributed by atoms with E-state index in [1.54, 1.807) is 12.1 Å². The molecule has 4 nitrogen and oxygen atoms in total. The molecule has 0 aromatic heterocycles. The van der Waals surface area contributed by atoms with E-state index in [0.717, 1.165) is 10.8 Å². The molecule has 0 aliphatic rings. The number of ether oxygens (including phenoxy) is 1. The Balaban J connectivity index is 1.74. The van der Waals surface area contributed by atoms with Crippen LogP contribution < -0.4 is 15.5 Å². The lowest BCUT2D eigenvalue weighted by molar-refractivity contribution is 0.426. The van der Waals surface area contributed by atoms with E-state index in [-0.39, 0.29) is 15.7 Å². The smallest absolute Gasteiger partial charge is 0.432 e. The van der Waals surface area contributed by atoms with Gasteiger partial charge in [-0.3, -0.25) is 0 Å². The van der Waals surface area contributed by atoms with Gasteiger partial charge in [-0.1, -0.05) is 41.9 Å². The largest absolute Gasteiger partial charge is 0.490 e. The average Bonchev–Trinajstić information content (AvgIpc) is 2.56. The maximum Gasteiger partial charge on any atom is 0.490 e. The Morgan fingerprint density at radius 1 is 1.00 bits per heavy atom. The highest BCUT2D eigenvalue weighted by Gasteiger charge is 2.16. The van der Waals surface area contributed by atoms with Gasteiger partial charge < -0.3 is 20.1 Å². The zero-order valence-corrected chi connectivity index (χ0v) is 14.0. The van der Waals surface area contributed by atoms with E-state index < -0.39 is 7.12 Å². The van der Waals surface area contributed by atoms with Gasteiger partial charge in [0, 0.05) is 16.2 Å². The van der Waals surface area contributed by atoms with Crippen molar-refractivity contribution in [3.63, 3.8) is 0 Å². The first-order valence-corrected chi connectivity index (χ1v) is 7.95. The minimum absolute atomic E-state index is 0.144. The molecule has 0 heterocycles. The summed E-state index contributed by atoms with van der Waals surface area (Å²) < 4.78 is 5.62. The number of anilines is 1. The molecule has 3 aromatic carbocycles. The van der Waals surface area contributed by atoms with Crippen LogP contribution in [0.5, 0.6) is 5.75 Å². The van der Waals surface area contributed by atoms with Crippen LogP contribution in [-0.2, 0) is 0 Å². The van der Waals surface area contributed by atoms with E-state index in [1.807, 2.05) is 42.5 Å². The molecule has 0 atom stereocenters. The van der Waals surface area contributed by atoms with Gasteiger partial charge in [0.2, 0.25) is 0 Å². The molecular weight excluding hydrogens is 345 g/mol. The molecular formula is C17H13BClNO3S. The van der Waals surface area contributed by atoms with Crippen molar-refractivity contribution >= 4 is 58.0 Å². The summed E-state index contributed by atoms with van der Waals surface area (Å²) in [4.78, 5) is 0. The van der Waals surface area contributed by atoms with E-state index in [4.69, 9.17) is 28.6 Å². The first-order valence-electron chi connectivity index (χ1n) is 7.16. The van der Waals surface area contributed by atoms with Crippen molar-refractivity contribution in [1.82, 2.24) is 0 Å². The maximum atomic E-state index is 9.28. The van der Waals surface area contributed by atoms with E-state index in [9.17, 15) is 10.0 Å². The van der Waals surface area contributed by atoms with Crippen molar-refractivity contribution in [2.75, 3.05) is 5.32 Å². The molecule has 0 aliphatic carbocycles. The Hall–Kier alpha value is -2.12. The second kappa shape index (κ2) is 7.19.